The van der Waals surface area contributed by atoms with Crippen LogP contribution in [0, 0.1) is 12.3 Å². The fourth-order valence-electron chi connectivity index (χ4n) is 2.31. The van der Waals surface area contributed by atoms with Gasteiger partial charge in [-0.05, 0) is 25.2 Å². The lowest BCUT2D eigenvalue weighted by Crippen LogP contribution is -2.36. The van der Waals surface area contributed by atoms with E-state index in [1.54, 1.807) is 13.0 Å². The van der Waals surface area contributed by atoms with Gasteiger partial charge in [0.2, 0.25) is 5.76 Å². The number of nitrogens with one attached hydrogen (secondary N) is 1. The third kappa shape index (κ3) is 2.89. The van der Waals surface area contributed by atoms with E-state index < -0.39 is 0 Å². The number of rotatable bonds is 4. The van der Waals surface area contributed by atoms with Gasteiger partial charge >= 0.3 is 0 Å². The summed E-state index contributed by atoms with van der Waals surface area (Å²) in [6, 6.07) is 1.66. The first-order chi connectivity index (χ1) is 8.15. The average molecular weight is 301 g/mol. The van der Waals surface area contributed by atoms with Crippen LogP contribution in [0.15, 0.2) is 10.6 Å². The van der Waals surface area contributed by atoms with Gasteiger partial charge in [-0.1, -0.05) is 33.9 Å². The predicted molar refractivity (Wildman–Crippen MR) is 68.3 cm³/mol. The van der Waals surface area contributed by atoms with Gasteiger partial charge in [-0.3, -0.25) is 4.79 Å². The van der Waals surface area contributed by atoms with E-state index in [0.29, 0.717) is 12.3 Å². The summed E-state index contributed by atoms with van der Waals surface area (Å²) in [6.07, 6.45) is 4.85. The molecule has 0 aromatic carbocycles. The molecule has 1 heterocycles. The Morgan fingerprint density at radius 1 is 1.59 bits per heavy atom. The summed E-state index contributed by atoms with van der Waals surface area (Å²) >= 11 is 3.56. The number of aromatic nitrogens is 1. The molecule has 1 amide bonds. The molecule has 1 aliphatic rings. The van der Waals surface area contributed by atoms with Gasteiger partial charge in [0.1, 0.15) is 0 Å². The van der Waals surface area contributed by atoms with Gasteiger partial charge in [0, 0.05) is 17.9 Å². The van der Waals surface area contributed by atoms with Crippen LogP contribution in [0.1, 0.15) is 41.9 Å². The Morgan fingerprint density at radius 2 is 2.29 bits per heavy atom. The molecule has 1 N–H and O–H groups in total. The highest BCUT2D eigenvalue weighted by molar-refractivity contribution is 9.09. The molecule has 0 spiro atoms. The Labute approximate surface area is 109 Å². The van der Waals surface area contributed by atoms with Crippen LogP contribution in [0.4, 0.5) is 0 Å². The van der Waals surface area contributed by atoms with E-state index in [4.69, 9.17) is 4.52 Å². The van der Waals surface area contributed by atoms with E-state index in [1.807, 2.05) is 0 Å². The molecule has 0 saturated heterocycles. The molecule has 1 aromatic rings. The molecule has 1 aromatic heterocycles. The summed E-state index contributed by atoms with van der Waals surface area (Å²) in [4.78, 5) is 11.8. The number of hydrogen-bond acceptors (Lipinski definition) is 3. The van der Waals surface area contributed by atoms with E-state index >= 15 is 0 Å². The van der Waals surface area contributed by atoms with Crippen LogP contribution < -0.4 is 5.32 Å². The fraction of sp³-hybridized carbons (Fsp3) is 0.667. The second-order valence-electron chi connectivity index (χ2n) is 4.86. The molecule has 0 aliphatic heterocycles. The lowest BCUT2D eigenvalue weighted by molar-refractivity contribution is 0.0898. The van der Waals surface area contributed by atoms with Gasteiger partial charge < -0.3 is 9.84 Å². The number of halogens is 1. The molecule has 0 unspecified atom stereocenters. The molecule has 5 heteroatoms. The van der Waals surface area contributed by atoms with Gasteiger partial charge in [-0.15, -0.1) is 0 Å². The number of hydrogen-bond donors (Lipinski definition) is 1. The standard InChI is InChI=1S/C12H17BrN2O2/c1-9-6-10(17-15-9)11(16)14-8-12(7-13)4-2-3-5-12/h6H,2-5,7-8H2,1H3,(H,14,16). The monoisotopic (exact) mass is 300 g/mol. The lowest BCUT2D eigenvalue weighted by atomic mass is 9.89. The smallest absolute Gasteiger partial charge is 0.289 e. The Balaban J connectivity index is 1.91. The van der Waals surface area contributed by atoms with E-state index in [1.165, 1.54) is 25.7 Å². The Kier molecular flexibility index (Phi) is 3.86. The van der Waals surface area contributed by atoms with Crippen molar-refractivity contribution in [1.29, 1.82) is 0 Å². The van der Waals surface area contributed by atoms with Crippen molar-refractivity contribution in [2.75, 3.05) is 11.9 Å². The molecule has 2 rings (SSSR count). The van der Waals surface area contributed by atoms with Crippen LogP contribution in [-0.4, -0.2) is 22.9 Å². The summed E-state index contributed by atoms with van der Waals surface area (Å²) < 4.78 is 4.93. The van der Waals surface area contributed by atoms with Crippen molar-refractivity contribution < 1.29 is 9.32 Å². The highest BCUT2D eigenvalue weighted by Gasteiger charge is 2.33. The Hall–Kier alpha value is -0.840. The van der Waals surface area contributed by atoms with Gasteiger partial charge in [-0.2, -0.15) is 0 Å². The molecule has 1 fully saturated rings. The molecule has 1 aliphatic carbocycles. The fourth-order valence-corrected chi connectivity index (χ4v) is 3.07. The van der Waals surface area contributed by atoms with E-state index in [2.05, 4.69) is 26.4 Å². The first-order valence-electron chi connectivity index (χ1n) is 5.93. The SMILES string of the molecule is Cc1cc(C(=O)NCC2(CBr)CCCC2)on1. The van der Waals surface area contributed by atoms with Crippen molar-refractivity contribution in [3.05, 3.63) is 17.5 Å². The van der Waals surface area contributed by atoms with Crippen LogP contribution in [0.3, 0.4) is 0 Å². The van der Waals surface area contributed by atoms with Crippen molar-refractivity contribution in [2.24, 2.45) is 5.41 Å². The minimum Gasteiger partial charge on any atom is -0.351 e. The third-order valence-electron chi connectivity index (χ3n) is 3.42. The first kappa shape index (κ1) is 12.6. The largest absolute Gasteiger partial charge is 0.351 e. The zero-order chi connectivity index (χ0) is 12.3. The zero-order valence-corrected chi connectivity index (χ0v) is 11.5. The average Bonchev–Trinajstić information content (AvgIpc) is 2.95. The molecule has 0 atom stereocenters. The number of aryl methyl sites for hydroxylation is 1. The normalized spacial score (nSPS) is 18.2. The number of alkyl halides is 1. The molecule has 0 bridgehead atoms. The van der Waals surface area contributed by atoms with Crippen LogP contribution >= 0.6 is 15.9 Å². The second-order valence-corrected chi connectivity index (χ2v) is 5.42. The van der Waals surface area contributed by atoms with Crippen LogP contribution in [0.5, 0.6) is 0 Å². The molecule has 1 saturated carbocycles. The van der Waals surface area contributed by atoms with Crippen molar-refractivity contribution in [2.45, 2.75) is 32.6 Å². The molecule has 94 valence electrons. The molecular formula is C12H17BrN2O2. The van der Waals surface area contributed by atoms with Gasteiger partial charge in [0.15, 0.2) is 0 Å². The molecular weight excluding hydrogens is 284 g/mol. The maximum absolute atomic E-state index is 11.8. The Bertz CT molecular complexity index is 397. The van der Waals surface area contributed by atoms with Crippen LogP contribution in [-0.2, 0) is 0 Å². The molecule has 17 heavy (non-hydrogen) atoms. The number of carbonyl (C=O) groups is 1. The van der Waals surface area contributed by atoms with Crippen molar-refractivity contribution in [1.82, 2.24) is 10.5 Å². The first-order valence-corrected chi connectivity index (χ1v) is 7.05. The predicted octanol–water partition coefficient (Wildman–Crippen LogP) is 2.67. The van der Waals surface area contributed by atoms with E-state index in [-0.39, 0.29) is 11.3 Å². The number of amides is 1. The quantitative estimate of drug-likeness (QED) is 0.870. The van der Waals surface area contributed by atoms with E-state index in [9.17, 15) is 4.79 Å². The third-order valence-corrected chi connectivity index (χ3v) is 4.61. The second kappa shape index (κ2) is 5.21. The van der Waals surface area contributed by atoms with Gasteiger partial charge in [0.05, 0.1) is 5.69 Å². The topological polar surface area (TPSA) is 55.1 Å². The maximum atomic E-state index is 11.8. The summed E-state index contributed by atoms with van der Waals surface area (Å²) in [5, 5.41) is 7.59. The number of carbonyl (C=O) groups excluding carboxylic acids is 1. The van der Waals surface area contributed by atoms with Gasteiger partial charge in [0.25, 0.3) is 5.91 Å². The van der Waals surface area contributed by atoms with Crippen molar-refractivity contribution in [3.8, 4) is 0 Å². The Morgan fingerprint density at radius 3 is 2.82 bits per heavy atom. The number of nitrogens with zero attached hydrogens (tertiary/aromatic N) is 1. The summed E-state index contributed by atoms with van der Waals surface area (Å²) in [5.41, 5.74) is 0.955. The minimum atomic E-state index is -0.169. The minimum absolute atomic E-state index is 0.169. The van der Waals surface area contributed by atoms with Crippen LogP contribution in [0.2, 0.25) is 0 Å². The summed E-state index contributed by atoms with van der Waals surface area (Å²) in [6.45, 7) is 2.51. The summed E-state index contributed by atoms with van der Waals surface area (Å²) in [7, 11) is 0. The van der Waals surface area contributed by atoms with Crippen molar-refractivity contribution in [3.63, 3.8) is 0 Å². The lowest BCUT2D eigenvalue weighted by Gasteiger charge is -2.26. The molecule has 4 nitrogen and oxygen atoms in total. The highest BCUT2D eigenvalue weighted by atomic mass is 79.9. The van der Waals surface area contributed by atoms with E-state index in [0.717, 1.165) is 11.0 Å². The zero-order valence-electron chi connectivity index (χ0n) is 9.96. The summed E-state index contributed by atoms with van der Waals surface area (Å²) in [5.74, 6) is 0.128. The maximum Gasteiger partial charge on any atom is 0.289 e. The highest BCUT2D eigenvalue weighted by Crippen LogP contribution is 2.38. The molecule has 0 radical (unpaired) electrons. The van der Waals surface area contributed by atoms with Crippen LogP contribution in [0.25, 0.3) is 0 Å². The van der Waals surface area contributed by atoms with Crippen molar-refractivity contribution >= 4 is 21.8 Å². The van der Waals surface area contributed by atoms with Gasteiger partial charge in [-0.25, -0.2) is 0 Å².